The van der Waals surface area contributed by atoms with Crippen LogP contribution in [0.2, 0.25) is 0 Å². The number of hydrogen-bond donors (Lipinski definition) is 1. The minimum Gasteiger partial charge on any atom is -0.456 e. The average Bonchev–Trinajstić information content (AvgIpc) is 2.67. The predicted octanol–water partition coefficient (Wildman–Crippen LogP) is 2.66. The number of carbonyl (C=O) groups excluding carboxylic acids is 2. The summed E-state index contributed by atoms with van der Waals surface area (Å²) in [6.07, 6.45) is 0.267. The van der Waals surface area contributed by atoms with E-state index in [0.29, 0.717) is 22.4 Å². The van der Waals surface area contributed by atoms with E-state index in [1.165, 1.54) is 4.57 Å². The van der Waals surface area contributed by atoms with E-state index in [4.69, 9.17) is 4.74 Å². The molecule has 150 valence electrons. The fraction of sp³-hybridized carbons (Fsp3) is 0.273. The Balaban J connectivity index is 1.55. The highest BCUT2D eigenvalue weighted by Crippen LogP contribution is 2.13. The van der Waals surface area contributed by atoms with Crippen molar-refractivity contribution in [2.24, 2.45) is 7.05 Å². The Morgan fingerprint density at radius 2 is 1.79 bits per heavy atom. The molecule has 1 amide bonds. The van der Waals surface area contributed by atoms with Crippen molar-refractivity contribution in [3.05, 3.63) is 69.8 Å². The van der Waals surface area contributed by atoms with Crippen LogP contribution in [0, 0.1) is 13.8 Å². The number of aromatic nitrogens is 2. The van der Waals surface area contributed by atoms with Gasteiger partial charge in [-0.25, -0.2) is 4.98 Å². The van der Waals surface area contributed by atoms with Gasteiger partial charge < -0.3 is 10.1 Å². The van der Waals surface area contributed by atoms with Gasteiger partial charge in [0.1, 0.15) is 5.82 Å². The van der Waals surface area contributed by atoms with E-state index in [-0.39, 0.29) is 25.0 Å². The van der Waals surface area contributed by atoms with Crippen LogP contribution in [0.1, 0.15) is 23.4 Å². The lowest BCUT2D eigenvalue weighted by molar-refractivity contribution is -0.147. The average molecular weight is 393 g/mol. The van der Waals surface area contributed by atoms with Crippen molar-refractivity contribution in [2.45, 2.75) is 26.7 Å². The van der Waals surface area contributed by atoms with Gasteiger partial charge in [-0.15, -0.1) is 0 Å². The predicted molar refractivity (Wildman–Crippen MR) is 111 cm³/mol. The van der Waals surface area contributed by atoms with E-state index in [1.807, 2.05) is 32.0 Å². The molecule has 0 fully saturated rings. The van der Waals surface area contributed by atoms with Crippen LogP contribution in [0.3, 0.4) is 0 Å². The first-order valence-corrected chi connectivity index (χ1v) is 9.32. The number of nitrogens with zero attached hydrogens (tertiary/aromatic N) is 2. The van der Waals surface area contributed by atoms with Crippen LogP contribution in [-0.4, -0.2) is 28.0 Å². The number of ether oxygens (including phenoxy) is 1. The Kier molecular flexibility index (Phi) is 6.07. The van der Waals surface area contributed by atoms with Crippen LogP contribution in [-0.2, 0) is 27.8 Å². The van der Waals surface area contributed by atoms with Crippen LogP contribution in [0.15, 0.2) is 47.3 Å². The summed E-state index contributed by atoms with van der Waals surface area (Å²) in [4.78, 5) is 40.9. The normalized spacial score (nSPS) is 10.7. The fourth-order valence-electron chi connectivity index (χ4n) is 3.16. The molecule has 0 aliphatic heterocycles. The minimum atomic E-state index is -0.525. The third-order valence-electron chi connectivity index (χ3n) is 4.50. The number of esters is 1. The van der Waals surface area contributed by atoms with Gasteiger partial charge in [-0.05, 0) is 49.2 Å². The first-order valence-electron chi connectivity index (χ1n) is 9.32. The Morgan fingerprint density at radius 3 is 2.52 bits per heavy atom. The molecule has 0 atom stereocenters. The summed E-state index contributed by atoms with van der Waals surface area (Å²) in [5.41, 5.74) is 3.16. The van der Waals surface area contributed by atoms with Crippen molar-refractivity contribution >= 4 is 28.5 Å². The largest absolute Gasteiger partial charge is 0.456 e. The molecule has 0 unspecified atom stereocenters. The number of rotatable bonds is 6. The lowest BCUT2D eigenvalue weighted by Gasteiger charge is -2.10. The molecule has 1 aromatic heterocycles. The second kappa shape index (κ2) is 8.68. The molecule has 7 heteroatoms. The van der Waals surface area contributed by atoms with Crippen LogP contribution >= 0.6 is 0 Å². The topological polar surface area (TPSA) is 90.3 Å². The van der Waals surface area contributed by atoms with Gasteiger partial charge in [0.15, 0.2) is 6.61 Å². The third-order valence-corrected chi connectivity index (χ3v) is 4.50. The summed E-state index contributed by atoms with van der Waals surface area (Å²) >= 11 is 0. The maximum absolute atomic E-state index is 12.4. The Bertz CT molecular complexity index is 1110. The zero-order valence-corrected chi connectivity index (χ0v) is 16.7. The van der Waals surface area contributed by atoms with Crippen molar-refractivity contribution in [1.29, 1.82) is 0 Å². The number of para-hydroxylation sites is 1. The summed E-state index contributed by atoms with van der Waals surface area (Å²) in [5.74, 6) is -0.437. The number of carbonyl (C=O) groups is 2. The smallest absolute Gasteiger partial charge is 0.306 e. The van der Waals surface area contributed by atoms with E-state index in [9.17, 15) is 14.4 Å². The van der Waals surface area contributed by atoms with Gasteiger partial charge in [0.2, 0.25) is 0 Å². The molecule has 3 aromatic rings. The molecular formula is C22H23N3O4. The summed E-state index contributed by atoms with van der Waals surface area (Å²) in [5, 5.41) is 3.25. The van der Waals surface area contributed by atoms with Crippen molar-refractivity contribution in [1.82, 2.24) is 9.55 Å². The van der Waals surface area contributed by atoms with Crippen LogP contribution in [0.25, 0.3) is 10.9 Å². The molecule has 1 N–H and O–H groups in total. The van der Waals surface area contributed by atoms with E-state index in [2.05, 4.69) is 10.3 Å². The standard InChI is InChI=1S/C22H23N3O4/c1-14-10-15(2)12-16(11-14)23-20(26)13-29-21(27)9-8-19-24-18-7-5-4-6-17(18)22(28)25(19)3/h4-7,10-12H,8-9,13H2,1-3H3,(H,23,26). The van der Waals surface area contributed by atoms with Crippen molar-refractivity contribution in [3.8, 4) is 0 Å². The molecule has 29 heavy (non-hydrogen) atoms. The summed E-state index contributed by atoms with van der Waals surface area (Å²) < 4.78 is 6.48. The van der Waals surface area contributed by atoms with Gasteiger partial charge in [-0.3, -0.25) is 19.0 Å². The molecule has 2 aromatic carbocycles. The monoisotopic (exact) mass is 393 g/mol. The fourth-order valence-corrected chi connectivity index (χ4v) is 3.16. The highest BCUT2D eigenvalue weighted by atomic mass is 16.5. The van der Waals surface area contributed by atoms with E-state index in [0.717, 1.165) is 11.1 Å². The molecule has 0 spiro atoms. The number of hydrogen-bond acceptors (Lipinski definition) is 5. The van der Waals surface area contributed by atoms with Gasteiger partial charge in [0.25, 0.3) is 11.5 Å². The van der Waals surface area contributed by atoms with E-state index in [1.54, 1.807) is 31.3 Å². The summed E-state index contributed by atoms with van der Waals surface area (Å²) in [6.45, 7) is 3.52. The summed E-state index contributed by atoms with van der Waals surface area (Å²) in [6, 6.07) is 12.8. The number of benzene rings is 2. The Morgan fingerprint density at radius 1 is 1.10 bits per heavy atom. The van der Waals surface area contributed by atoms with Crippen LogP contribution in [0.4, 0.5) is 5.69 Å². The minimum absolute atomic E-state index is 0.0233. The van der Waals surface area contributed by atoms with Gasteiger partial charge in [-0.2, -0.15) is 0 Å². The number of amides is 1. The molecule has 0 aliphatic carbocycles. The lowest BCUT2D eigenvalue weighted by Crippen LogP contribution is -2.24. The van der Waals surface area contributed by atoms with Gasteiger partial charge in [0.05, 0.1) is 17.3 Å². The zero-order valence-electron chi connectivity index (χ0n) is 16.7. The second-order valence-corrected chi connectivity index (χ2v) is 6.99. The van der Waals surface area contributed by atoms with Crippen LogP contribution < -0.4 is 10.9 Å². The Hall–Kier alpha value is -3.48. The maximum atomic E-state index is 12.4. The van der Waals surface area contributed by atoms with E-state index >= 15 is 0 Å². The molecular weight excluding hydrogens is 370 g/mol. The molecule has 0 saturated carbocycles. The highest BCUT2D eigenvalue weighted by molar-refractivity contribution is 5.93. The molecule has 7 nitrogen and oxygen atoms in total. The lowest BCUT2D eigenvalue weighted by atomic mass is 10.1. The number of anilines is 1. The third kappa shape index (κ3) is 5.07. The first-order chi connectivity index (χ1) is 13.8. The number of fused-ring (bicyclic) bond motifs is 1. The number of nitrogens with one attached hydrogen (secondary N) is 1. The maximum Gasteiger partial charge on any atom is 0.306 e. The van der Waals surface area contributed by atoms with Gasteiger partial charge in [-0.1, -0.05) is 18.2 Å². The molecule has 3 rings (SSSR count). The quantitative estimate of drug-likeness (QED) is 0.650. The SMILES string of the molecule is Cc1cc(C)cc(NC(=O)COC(=O)CCc2nc3ccccc3c(=O)n2C)c1. The van der Waals surface area contributed by atoms with Crippen molar-refractivity contribution < 1.29 is 14.3 Å². The Labute approximate surface area is 168 Å². The molecule has 0 saturated heterocycles. The van der Waals surface area contributed by atoms with Crippen molar-refractivity contribution in [2.75, 3.05) is 11.9 Å². The highest BCUT2D eigenvalue weighted by Gasteiger charge is 2.12. The van der Waals surface area contributed by atoms with Crippen molar-refractivity contribution in [3.63, 3.8) is 0 Å². The molecule has 0 bridgehead atoms. The molecule has 0 aliphatic rings. The van der Waals surface area contributed by atoms with Crippen LogP contribution in [0.5, 0.6) is 0 Å². The van der Waals surface area contributed by atoms with E-state index < -0.39 is 11.9 Å². The van der Waals surface area contributed by atoms with Gasteiger partial charge >= 0.3 is 5.97 Å². The summed E-state index contributed by atoms with van der Waals surface area (Å²) in [7, 11) is 1.62. The first kappa shape index (κ1) is 20.3. The molecule has 1 heterocycles. The second-order valence-electron chi connectivity index (χ2n) is 6.99. The number of aryl methyl sites for hydroxylation is 3. The van der Waals surface area contributed by atoms with Gasteiger partial charge in [0, 0.05) is 19.2 Å². The molecule has 0 radical (unpaired) electrons. The zero-order chi connectivity index (χ0) is 21.0.